The van der Waals surface area contributed by atoms with Crippen molar-refractivity contribution < 1.29 is 9.13 Å². The Hall–Kier alpha value is -1.54. The van der Waals surface area contributed by atoms with Crippen LogP contribution >= 0.6 is 11.6 Å². The molecule has 1 heterocycles. The maximum absolute atomic E-state index is 12.9. The van der Waals surface area contributed by atoms with Gasteiger partial charge in [0.25, 0.3) is 0 Å². The molecule has 1 unspecified atom stereocenters. The first-order valence-electron chi connectivity index (χ1n) is 6.39. The average molecular weight is 277 g/mol. The molecule has 0 saturated carbocycles. The lowest BCUT2D eigenvalue weighted by molar-refractivity contribution is 0.288. The molecule has 19 heavy (non-hydrogen) atoms. The maximum atomic E-state index is 12.9. The zero-order valence-electron chi connectivity index (χ0n) is 10.4. The Morgan fingerprint density at radius 3 is 2.58 bits per heavy atom. The lowest BCUT2D eigenvalue weighted by atomic mass is 9.98. The summed E-state index contributed by atoms with van der Waals surface area (Å²) in [4.78, 5) is 0. The van der Waals surface area contributed by atoms with Crippen LogP contribution in [-0.2, 0) is 6.42 Å². The first-order chi connectivity index (χ1) is 9.24. The van der Waals surface area contributed by atoms with Crippen LogP contribution in [-0.4, -0.2) is 6.61 Å². The molecule has 1 nitrogen and oxygen atoms in total. The Labute approximate surface area is 117 Å². The summed E-state index contributed by atoms with van der Waals surface area (Å²) in [5, 5.41) is -0.257. The van der Waals surface area contributed by atoms with Gasteiger partial charge in [0.15, 0.2) is 0 Å². The third-order valence-electron chi connectivity index (χ3n) is 3.39. The van der Waals surface area contributed by atoms with Crippen LogP contribution in [0.25, 0.3) is 0 Å². The number of rotatable bonds is 2. The fourth-order valence-electron chi connectivity index (χ4n) is 2.36. The highest BCUT2D eigenvalue weighted by Gasteiger charge is 2.15. The number of hydrogen-bond donors (Lipinski definition) is 0. The highest BCUT2D eigenvalue weighted by Crippen LogP contribution is 2.33. The molecule has 0 N–H and O–H groups in total. The number of alkyl halides is 1. The minimum atomic E-state index is -0.257. The Kier molecular flexibility index (Phi) is 3.43. The summed E-state index contributed by atoms with van der Waals surface area (Å²) in [6, 6.07) is 12.4. The van der Waals surface area contributed by atoms with Gasteiger partial charge in [-0.3, -0.25) is 0 Å². The van der Waals surface area contributed by atoms with Gasteiger partial charge in [0.2, 0.25) is 0 Å². The molecule has 0 fully saturated rings. The van der Waals surface area contributed by atoms with Crippen LogP contribution in [0.5, 0.6) is 5.75 Å². The van der Waals surface area contributed by atoms with Gasteiger partial charge >= 0.3 is 0 Å². The average Bonchev–Trinajstić information content (AvgIpc) is 2.47. The highest BCUT2D eigenvalue weighted by atomic mass is 35.5. The van der Waals surface area contributed by atoms with E-state index in [0.29, 0.717) is 0 Å². The number of ether oxygens (including phenoxy) is 1. The van der Waals surface area contributed by atoms with Gasteiger partial charge in [-0.15, -0.1) is 11.6 Å². The van der Waals surface area contributed by atoms with Crippen molar-refractivity contribution in [3.05, 3.63) is 65.0 Å². The van der Waals surface area contributed by atoms with Gasteiger partial charge in [-0.2, -0.15) is 0 Å². The highest BCUT2D eigenvalue weighted by molar-refractivity contribution is 6.22. The molecular formula is C16H14ClFO. The van der Waals surface area contributed by atoms with E-state index in [9.17, 15) is 4.39 Å². The van der Waals surface area contributed by atoms with Gasteiger partial charge in [-0.05, 0) is 47.7 Å². The fourth-order valence-corrected chi connectivity index (χ4v) is 2.64. The second-order valence-electron chi connectivity index (χ2n) is 4.73. The standard InChI is InChI=1S/C16H14ClFO/c17-16(11-3-6-14(18)7-4-11)13-5-8-15-12(10-13)2-1-9-19-15/h3-8,10,16H,1-2,9H2. The van der Waals surface area contributed by atoms with Crippen molar-refractivity contribution in [2.45, 2.75) is 18.2 Å². The van der Waals surface area contributed by atoms with E-state index < -0.39 is 0 Å². The van der Waals surface area contributed by atoms with E-state index in [1.54, 1.807) is 12.1 Å². The maximum Gasteiger partial charge on any atom is 0.123 e. The first kappa shape index (κ1) is 12.5. The number of aryl methyl sites for hydroxylation is 1. The van der Waals surface area contributed by atoms with Crippen molar-refractivity contribution in [2.75, 3.05) is 6.61 Å². The fraction of sp³-hybridized carbons (Fsp3) is 0.250. The Bertz CT molecular complexity index is 580. The SMILES string of the molecule is Fc1ccc(C(Cl)c2ccc3c(c2)CCCO3)cc1. The summed E-state index contributed by atoms with van der Waals surface area (Å²) in [6.07, 6.45) is 2.07. The minimum Gasteiger partial charge on any atom is -0.493 e. The van der Waals surface area contributed by atoms with Crippen LogP contribution in [0.2, 0.25) is 0 Å². The summed E-state index contributed by atoms with van der Waals surface area (Å²) >= 11 is 6.46. The van der Waals surface area contributed by atoms with Crippen LogP contribution in [0.3, 0.4) is 0 Å². The molecule has 1 aliphatic heterocycles. The molecule has 0 bridgehead atoms. The molecule has 0 saturated heterocycles. The topological polar surface area (TPSA) is 9.23 Å². The predicted octanol–water partition coefficient (Wildman–Crippen LogP) is 4.48. The lowest BCUT2D eigenvalue weighted by Crippen LogP contribution is -2.08. The molecule has 3 heteroatoms. The van der Waals surface area contributed by atoms with Crippen LogP contribution in [0, 0.1) is 5.82 Å². The number of hydrogen-bond acceptors (Lipinski definition) is 1. The summed E-state index contributed by atoms with van der Waals surface area (Å²) in [5.74, 6) is 0.712. The first-order valence-corrected chi connectivity index (χ1v) is 6.83. The number of halogens is 2. The van der Waals surface area contributed by atoms with Gasteiger partial charge < -0.3 is 4.74 Å². The van der Waals surface area contributed by atoms with Gasteiger partial charge in [0, 0.05) is 0 Å². The monoisotopic (exact) mass is 276 g/mol. The van der Waals surface area contributed by atoms with E-state index in [0.717, 1.165) is 36.3 Å². The summed E-state index contributed by atoms with van der Waals surface area (Å²) in [7, 11) is 0. The molecule has 1 aliphatic rings. The molecular weight excluding hydrogens is 263 g/mol. The molecule has 2 aromatic rings. The van der Waals surface area contributed by atoms with Crippen LogP contribution in [0.4, 0.5) is 4.39 Å². The normalized spacial score (nSPS) is 15.5. The van der Waals surface area contributed by atoms with Crippen molar-refractivity contribution >= 4 is 11.6 Å². The molecule has 0 amide bonds. The van der Waals surface area contributed by atoms with Crippen molar-refractivity contribution in [3.63, 3.8) is 0 Å². The summed E-state index contributed by atoms with van der Waals surface area (Å²) in [5.41, 5.74) is 3.13. The predicted molar refractivity (Wildman–Crippen MR) is 74.4 cm³/mol. The van der Waals surface area contributed by atoms with Gasteiger partial charge in [-0.1, -0.05) is 24.3 Å². The molecule has 98 valence electrons. The smallest absolute Gasteiger partial charge is 0.123 e. The Morgan fingerprint density at radius 2 is 1.79 bits per heavy atom. The van der Waals surface area contributed by atoms with Gasteiger partial charge in [0.05, 0.1) is 12.0 Å². The second kappa shape index (κ2) is 5.22. The second-order valence-corrected chi connectivity index (χ2v) is 5.17. The van der Waals surface area contributed by atoms with Gasteiger partial charge in [-0.25, -0.2) is 4.39 Å². The molecule has 2 aromatic carbocycles. The summed E-state index contributed by atoms with van der Waals surface area (Å²) in [6.45, 7) is 0.786. The molecule has 0 spiro atoms. The van der Waals surface area contributed by atoms with E-state index in [4.69, 9.17) is 16.3 Å². The van der Waals surface area contributed by atoms with Crippen molar-refractivity contribution in [2.24, 2.45) is 0 Å². The van der Waals surface area contributed by atoms with Crippen molar-refractivity contribution in [1.29, 1.82) is 0 Å². The quantitative estimate of drug-likeness (QED) is 0.735. The zero-order valence-corrected chi connectivity index (χ0v) is 11.2. The number of fused-ring (bicyclic) bond motifs is 1. The third-order valence-corrected chi connectivity index (χ3v) is 3.89. The van der Waals surface area contributed by atoms with Gasteiger partial charge in [0.1, 0.15) is 11.6 Å². The van der Waals surface area contributed by atoms with Crippen molar-refractivity contribution in [1.82, 2.24) is 0 Å². The minimum absolute atomic E-state index is 0.244. The van der Waals surface area contributed by atoms with E-state index in [1.807, 2.05) is 12.1 Å². The van der Waals surface area contributed by atoms with Crippen LogP contribution in [0.1, 0.15) is 28.5 Å². The van der Waals surface area contributed by atoms with E-state index in [2.05, 4.69) is 6.07 Å². The molecule has 1 atom stereocenters. The molecule has 0 aliphatic carbocycles. The van der Waals surface area contributed by atoms with Crippen molar-refractivity contribution in [3.8, 4) is 5.75 Å². The Morgan fingerprint density at radius 1 is 1.05 bits per heavy atom. The van der Waals surface area contributed by atoms with Crippen LogP contribution < -0.4 is 4.74 Å². The van der Waals surface area contributed by atoms with E-state index >= 15 is 0 Å². The largest absolute Gasteiger partial charge is 0.493 e. The van der Waals surface area contributed by atoms with E-state index in [1.165, 1.54) is 17.7 Å². The Balaban J connectivity index is 1.91. The molecule has 0 aromatic heterocycles. The van der Waals surface area contributed by atoms with E-state index in [-0.39, 0.29) is 11.2 Å². The number of benzene rings is 2. The third kappa shape index (κ3) is 2.59. The lowest BCUT2D eigenvalue weighted by Gasteiger charge is -2.19. The van der Waals surface area contributed by atoms with Crippen LogP contribution in [0.15, 0.2) is 42.5 Å². The molecule has 3 rings (SSSR count). The molecule has 0 radical (unpaired) electrons. The zero-order chi connectivity index (χ0) is 13.2. The summed E-state index contributed by atoms with van der Waals surface area (Å²) < 4.78 is 18.5.